The van der Waals surface area contributed by atoms with Crippen molar-refractivity contribution in [3.8, 4) is 0 Å². The second-order valence-electron chi connectivity index (χ2n) is 5.81. The number of fused-ring (bicyclic) bond motifs is 1. The molecule has 3 aromatic carbocycles. The summed E-state index contributed by atoms with van der Waals surface area (Å²) in [5, 5.41) is 5.12. The van der Waals surface area contributed by atoms with E-state index in [1.807, 2.05) is 42.5 Å². The van der Waals surface area contributed by atoms with Crippen LogP contribution in [-0.2, 0) is 4.79 Å². The number of carbonyl (C=O) groups excluding carboxylic acids is 2. The van der Waals surface area contributed by atoms with E-state index in [0.717, 1.165) is 16.3 Å². The Hall–Kier alpha value is -3.22. The van der Waals surface area contributed by atoms with E-state index in [-0.39, 0.29) is 5.11 Å². The predicted molar refractivity (Wildman–Crippen MR) is 116 cm³/mol. The summed E-state index contributed by atoms with van der Waals surface area (Å²) in [6, 6.07) is 20.1. The Kier molecular flexibility index (Phi) is 6.37. The van der Waals surface area contributed by atoms with E-state index in [1.165, 1.54) is 6.08 Å². The molecule has 0 aliphatic carbocycles. The molecule has 3 aromatic rings. The van der Waals surface area contributed by atoms with E-state index < -0.39 is 11.8 Å². The molecule has 0 heterocycles. The number of hydrogen-bond donors (Lipinski definition) is 3. The number of halogens is 1. The minimum Gasteiger partial charge on any atom is -0.298 e. The van der Waals surface area contributed by atoms with Gasteiger partial charge in [-0.3, -0.25) is 25.8 Å². The van der Waals surface area contributed by atoms with Crippen molar-refractivity contribution in [2.24, 2.45) is 0 Å². The van der Waals surface area contributed by atoms with Gasteiger partial charge in [0.25, 0.3) is 5.91 Å². The van der Waals surface area contributed by atoms with Crippen LogP contribution in [0.5, 0.6) is 0 Å². The molecule has 0 unspecified atom stereocenters. The van der Waals surface area contributed by atoms with Crippen LogP contribution in [0.4, 0.5) is 0 Å². The van der Waals surface area contributed by atoms with Crippen LogP contribution in [0.25, 0.3) is 16.8 Å². The summed E-state index contributed by atoms with van der Waals surface area (Å²) in [5.41, 5.74) is 6.22. The Morgan fingerprint density at radius 3 is 2.39 bits per heavy atom. The molecule has 3 rings (SSSR count). The lowest BCUT2D eigenvalue weighted by atomic mass is 10.0. The van der Waals surface area contributed by atoms with E-state index >= 15 is 0 Å². The summed E-state index contributed by atoms with van der Waals surface area (Å²) in [7, 11) is 0. The zero-order chi connectivity index (χ0) is 19.9. The number of hydrazine groups is 1. The maximum Gasteiger partial charge on any atom is 0.269 e. The van der Waals surface area contributed by atoms with Gasteiger partial charge in [0, 0.05) is 16.7 Å². The average molecular weight is 410 g/mol. The number of benzene rings is 3. The van der Waals surface area contributed by atoms with Gasteiger partial charge in [0.15, 0.2) is 5.11 Å². The number of hydrogen-bond acceptors (Lipinski definition) is 3. The van der Waals surface area contributed by atoms with Crippen molar-refractivity contribution in [2.45, 2.75) is 0 Å². The van der Waals surface area contributed by atoms with Gasteiger partial charge < -0.3 is 0 Å². The molecule has 0 aliphatic rings. The van der Waals surface area contributed by atoms with Crippen LogP contribution in [0.2, 0.25) is 5.02 Å². The molecule has 0 aromatic heterocycles. The smallest absolute Gasteiger partial charge is 0.269 e. The van der Waals surface area contributed by atoms with Crippen molar-refractivity contribution < 1.29 is 9.59 Å². The Morgan fingerprint density at radius 1 is 0.893 bits per heavy atom. The molecule has 0 atom stereocenters. The fourth-order valence-corrected chi connectivity index (χ4v) is 2.81. The van der Waals surface area contributed by atoms with Crippen molar-refractivity contribution in [3.05, 3.63) is 89.0 Å². The summed E-state index contributed by atoms with van der Waals surface area (Å²) in [6.45, 7) is 0. The fourth-order valence-electron chi connectivity index (χ4n) is 2.53. The number of thiocarbonyl (C=S) groups is 1. The summed E-state index contributed by atoms with van der Waals surface area (Å²) < 4.78 is 0. The maximum atomic E-state index is 12.1. The van der Waals surface area contributed by atoms with Gasteiger partial charge in [-0.2, -0.15) is 0 Å². The van der Waals surface area contributed by atoms with Gasteiger partial charge in [-0.15, -0.1) is 0 Å². The summed E-state index contributed by atoms with van der Waals surface area (Å²) in [6.07, 6.45) is 3.10. The first kappa shape index (κ1) is 19.5. The fraction of sp³-hybridized carbons (Fsp3) is 0. The molecule has 0 fully saturated rings. The predicted octanol–water partition coefficient (Wildman–Crippen LogP) is 3.84. The van der Waals surface area contributed by atoms with Crippen LogP contribution in [0, 0.1) is 0 Å². The second kappa shape index (κ2) is 9.12. The lowest BCUT2D eigenvalue weighted by Gasteiger charge is -2.09. The highest BCUT2D eigenvalue weighted by Gasteiger charge is 2.06. The van der Waals surface area contributed by atoms with Crippen molar-refractivity contribution in [1.82, 2.24) is 16.2 Å². The van der Waals surface area contributed by atoms with E-state index in [0.29, 0.717) is 10.6 Å². The van der Waals surface area contributed by atoms with Crippen LogP contribution < -0.4 is 16.2 Å². The van der Waals surface area contributed by atoms with Gasteiger partial charge in [-0.25, -0.2) is 0 Å². The van der Waals surface area contributed by atoms with Gasteiger partial charge in [0.1, 0.15) is 0 Å². The minimum atomic E-state index is -0.411. The van der Waals surface area contributed by atoms with E-state index in [1.54, 1.807) is 30.3 Å². The number of rotatable bonds is 3. The molecule has 3 N–H and O–H groups in total. The van der Waals surface area contributed by atoms with Crippen LogP contribution in [-0.4, -0.2) is 16.9 Å². The van der Waals surface area contributed by atoms with Gasteiger partial charge >= 0.3 is 0 Å². The van der Waals surface area contributed by atoms with Gasteiger partial charge in [0.05, 0.1) is 0 Å². The highest BCUT2D eigenvalue weighted by Crippen LogP contribution is 2.19. The molecule has 0 saturated carbocycles. The number of amides is 2. The molecule has 0 bridgehead atoms. The minimum absolute atomic E-state index is 0.0186. The molecular weight excluding hydrogens is 394 g/mol. The highest BCUT2D eigenvalue weighted by atomic mass is 35.5. The largest absolute Gasteiger partial charge is 0.298 e. The summed E-state index contributed by atoms with van der Waals surface area (Å²) in [4.78, 5) is 24.0. The Labute approximate surface area is 172 Å². The lowest BCUT2D eigenvalue weighted by Crippen LogP contribution is -2.48. The molecule has 0 spiro atoms. The normalized spacial score (nSPS) is 10.6. The SMILES string of the molecule is O=C(/C=C/c1cccc2ccccc12)NC(=S)NNC(=O)c1ccc(Cl)cc1. The van der Waals surface area contributed by atoms with Crippen LogP contribution in [0.1, 0.15) is 15.9 Å². The van der Waals surface area contributed by atoms with E-state index in [9.17, 15) is 9.59 Å². The molecule has 7 heteroatoms. The maximum absolute atomic E-state index is 12.1. The Bertz CT molecular complexity index is 1060. The van der Waals surface area contributed by atoms with Crippen molar-refractivity contribution in [2.75, 3.05) is 0 Å². The van der Waals surface area contributed by atoms with Crippen molar-refractivity contribution in [3.63, 3.8) is 0 Å². The summed E-state index contributed by atoms with van der Waals surface area (Å²) in [5.74, 6) is -0.814. The lowest BCUT2D eigenvalue weighted by molar-refractivity contribution is -0.115. The molecule has 140 valence electrons. The third-order valence-corrected chi connectivity index (χ3v) is 4.33. The first-order chi connectivity index (χ1) is 13.5. The Balaban J connectivity index is 1.54. The topological polar surface area (TPSA) is 70.2 Å². The Morgan fingerprint density at radius 2 is 1.61 bits per heavy atom. The molecular formula is C21H16ClN3O2S. The molecule has 28 heavy (non-hydrogen) atoms. The third kappa shape index (κ3) is 5.16. The zero-order valence-electron chi connectivity index (χ0n) is 14.6. The van der Waals surface area contributed by atoms with Crippen molar-refractivity contribution in [1.29, 1.82) is 0 Å². The van der Waals surface area contributed by atoms with Crippen LogP contribution >= 0.6 is 23.8 Å². The molecule has 0 aliphatic heterocycles. The molecule has 0 saturated heterocycles. The number of carbonyl (C=O) groups is 2. The van der Waals surface area contributed by atoms with Crippen molar-refractivity contribution >= 4 is 57.6 Å². The standard InChI is InChI=1S/C21H16ClN3O2S/c22-17-11-8-16(9-12-17)20(27)24-25-21(28)23-19(26)13-10-15-6-3-5-14-4-1-2-7-18(14)15/h1-13H,(H,24,27)(H2,23,25,26,28)/b13-10+. The van der Waals surface area contributed by atoms with Crippen LogP contribution in [0.3, 0.4) is 0 Å². The van der Waals surface area contributed by atoms with Gasteiger partial charge in [-0.05, 0) is 58.9 Å². The average Bonchev–Trinajstić information content (AvgIpc) is 2.71. The van der Waals surface area contributed by atoms with Gasteiger partial charge in [0.2, 0.25) is 5.91 Å². The monoisotopic (exact) mass is 409 g/mol. The van der Waals surface area contributed by atoms with E-state index in [2.05, 4.69) is 16.2 Å². The van der Waals surface area contributed by atoms with Crippen LogP contribution in [0.15, 0.2) is 72.8 Å². The number of nitrogens with one attached hydrogen (secondary N) is 3. The molecule has 0 radical (unpaired) electrons. The first-order valence-corrected chi connectivity index (χ1v) is 9.14. The van der Waals surface area contributed by atoms with Gasteiger partial charge in [-0.1, -0.05) is 54.1 Å². The summed E-state index contributed by atoms with van der Waals surface area (Å²) >= 11 is 10.8. The highest BCUT2D eigenvalue weighted by molar-refractivity contribution is 7.80. The zero-order valence-corrected chi connectivity index (χ0v) is 16.2. The third-order valence-electron chi connectivity index (χ3n) is 3.87. The molecule has 2 amide bonds. The molecule has 5 nitrogen and oxygen atoms in total. The van der Waals surface area contributed by atoms with E-state index in [4.69, 9.17) is 23.8 Å². The second-order valence-corrected chi connectivity index (χ2v) is 6.65. The quantitative estimate of drug-likeness (QED) is 0.349. The first-order valence-electron chi connectivity index (χ1n) is 8.35.